The Morgan fingerprint density at radius 3 is 1.17 bits per heavy atom. The predicted octanol–water partition coefficient (Wildman–Crippen LogP) is 6.58. The van der Waals surface area contributed by atoms with E-state index in [9.17, 15) is 19.2 Å². The normalized spacial score (nSPS) is 10.3. The van der Waals surface area contributed by atoms with Crippen LogP contribution in [-0.4, -0.2) is 23.7 Å². The molecule has 7 heteroatoms. The first kappa shape index (κ1) is 26.8. The van der Waals surface area contributed by atoms with Crippen molar-refractivity contribution in [3.05, 3.63) is 161 Å². The molecular formula is C34H22O7. The van der Waals surface area contributed by atoms with Gasteiger partial charge < -0.3 is 14.2 Å². The lowest BCUT2D eigenvalue weighted by Gasteiger charge is -2.17. The molecule has 5 aromatic carbocycles. The molecule has 7 nitrogen and oxygen atoms in total. The summed E-state index contributed by atoms with van der Waals surface area (Å²) >= 11 is 0. The van der Waals surface area contributed by atoms with E-state index in [4.69, 9.17) is 14.2 Å². The molecule has 0 unspecified atom stereocenters. The molecule has 0 aliphatic carbocycles. The van der Waals surface area contributed by atoms with Crippen molar-refractivity contribution < 1.29 is 33.4 Å². The fraction of sp³-hybridized carbons (Fsp3) is 0. The molecular weight excluding hydrogens is 520 g/mol. The third kappa shape index (κ3) is 6.26. The number of rotatable bonds is 8. The number of hydrogen-bond donors (Lipinski definition) is 0. The number of carbonyl (C=O) groups excluding carboxylic acids is 4. The van der Waals surface area contributed by atoms with Crippen LogP contribution in [0.1, 0.15) is 47.0 Å². The Morgan fingerprint density at radius 1 is 0.366 bits per heavy atom. The van der Waals surface area contributed by atoms with Crippen molar-refractivity contribution in [2.75, 3.05) is 0 Å². The molecule has 41 heavy (non-hydrogen) atoms. The number of benzene rings is 5. The summed E-state index contributed by atoms with van der Waals surface area (Å²) in [7, 11) is 0. The Hall–Kier alpha value is -5.82. The van der Waals surface area contributed by atoms with Crippen molar-refractivity contribution in [1.82, 2.24) is 0 Å². The van der Waals surface area contributed by atoms with Crippen LogP contribution in [0.5, 0.6) is 17.2 Å². The van der Waals surface area contributed by atoms with Gasteiger partial charge in [0.1, 0.15) is 0 Å². The third-order valence-corrected chi connectivity index (χ3v) is 5.98. The van der Waals surface area contributed by atoms with Crippen molar-refractivity contribution in [2.24, 2.45) is 0 Å². The van der Waals surface area contributed by atoms with Crippen LogP contribution in [0, 0.1) is 0 Å². The number of hydrogen-bond acceptors (Lipinski definition) is 7. The molecule has 0 spiro atoms. The lowest BCUT2D eigenvalue weighted by molar-refractivity contribution is 0.0656. The third-order valence-electron chi connectivity index (χ3n) is 5.98. The minimum absolute atomic E-state index is 0.0733. The largest absolute Gasteiger partial charge is 0.419 e. The van der Waals surface area contributed by atoms with Gasteiger partial charge in [-0.15, -0.1) is 0 Å². The average Bonchev–Trinajstić information content (AvgIpc) is 3.03. The summed E-state index contributed by atoms with van der Waals surface area (Å²) in [6.07, 6.45) is 0. The van der Waals surface area contributed by atoms with E-state index < -0.39 is 29.4 Å². The fourth-order valence-corrected chi connectivity index (χ4v) is 3.93. The maximum absolute atomic E-state index is 13.6. The summed E-state index contributed by atoms with van der Waals surface area (Å²) in [5.41, 5.74) is 0.848. The second-order valence-electron chi connectivity index (χ2n) is 8.73. The zero-order valence-corrected chi connectivity index (χ0v) is 21.6. The number of carbonyl (C=O) groups is 4. The molecule has 0 amide bonds. The highest BCUT2D eigenvalue weighted by molar-refractivity contribution is 6.12. The molecule has 5 rings (SSSR count). The first-order valence-electron chi connectivity index (χ1n) is 12.6. The second kappa shape index (κ2) is 12.4. The zero-order chi connectivity index (χ0) is 28.6. The van der Waals surface area contributed by atoms with Crippen molar-refractivity contribution in [3.8, 4) is 17.2 Å². The number of ketones is 1. The van der Waals surface area contributed by atoms with E-state index in [1.54, 1.807) is 97.1 Å². The Balaban J connectivity index is 1.65. The maximum Gasteiger partial charge on any atom is 0.343 e. The van der Waals surface area contributed by atoms with Gasteiger partial charge in [-0.1, -0.05) is 84.9 Å². The van der Waals surface area contributed by atoms with Gasteiger partial charge in [0, 0.05) is 5.56 Å². The lowest BCUT2D eigenvalue weighted by Crippen LogP contribution is -2.17. The van der Waals surface area contributed by atoms with Crippen LogP contribution in [0.2, 0.25) is 0 Å². The molecule has 0 aliphatic heterocycles. The van der Waals surface area contributed by atoms with E-state index in [1.165, 1.54) is 36.4 Å². The van der Waals surface area contributed by atoms with E-state index in [2.05, 4.69) is 0 Å². The highest BCUT2D eigenvalue weighted by atomic mass is 16.6. The van der Waals surface area contributed by atoms with Gasteiger partial charge in [0.05, 0.1) is 22.3 Å². The molecule has 0 fully saturated rings. The molecule has 0 N–H and O–H groups in total. The van der Waals surface area contributed by atoms with Crippen LogP contribution < -0.4 is 14.2 Å². The Kier molecular flexibility index (Phi) is 8.07. The monoisotopic (exact) mass is 542 g/mol. The molecule has 0 aliphatic rings. The minimum atomic E-state index is -0.816. The van der Waals surface area contributed by atoms with E-state index in [1.807, 2.05) is 0 Å². The Bertz CT molecular complexity index is 1700. The molecule has 0 saturated heterocycles. The fourth-order valence-electron chi connectivity index (χ4n) is 3.93. The van der Waals surface area contributed by atoms with Crippen LogP contribution in [-0.2, 0) is 0 Å². The minimum Gasteiger partial charge on any atom is -0.419 e. The SMILES string of the molecule is O=C(Oc1ccc(C(=O)c2ccccc2)c(OC(=O)c2ccccc2)c1OC(=O)c1ccccc1)c1ccccc1. The van der Waals surface area contributed by atoms with Crippen molar-refractivity contribution in [1.29, 1.82) is 0 Å². The summed E-state index contributed by atoms with van der Waals surface area (Å²) in [5, 5.41) is 0. The number of ether oxygens (including phenoxy) is 3. The summed E-state index contributed by atoms with van der Waals surface area (Å²) in [4.78, 5) is 53.0. The van der Waals surface area contributed by atoms with E-state index in [-0.39, 0.29) is 33.8 Å². The molecule has 0 radical (unpaired) electrons. The Morgan fingerprint density at radius 2 is 0.732 bits per heavy atom. The number of esters is 3. The summed E-state index contributed by atoms with van der Waals surface area (Å²) in [6.45, 7) is 0. The topological polar surface area (TPSA) is 96.0 Å². The average molecular weight is 543 g/mol. The quantitative estimate of drug-likeness (QED) is 0.124. The van der Waals surface area contributed by atoms with Gasteiger partial charge >= 0.3 is 17.9 Å². The van der Waals surface area contributed by atoms with Crippen LogP contribution in [0.3, 0.4) is 0 Å². The zero-order valence-electron chi connectivity index (χ0n) is 21.6. The van der Waals surface area contributed by atoms with Crippen molar-refractivity contribution >= 4 is 23.7 Å². The lowest BCUT2D eigenvalue weighted by atomic mass is 10.0. The highest BCUT2D eigenvalue weighted by Crippen LogP contribution is 2.42. The van der Waals surface area contributed by atoms with Gasteiger partial charge in [0.25, 0.3) is 0 Å². The van der Waals surface area contributed by atoms with Crippen molar-refractivity contribution in [2.45, 2.75) is 0 Å². The van der Waals surface area contributed by atoms with Gasteiger partial charge in [-0.25, -0.2) is 14.4 Å². The molecule has 0 bridgehead atoms. The second-order valence-corrected chi connectivity index (χ2v) is 8.73. The molecule has 0 atom stereocenters. The van der Waals surface area contributed by atoms with Crippen LogP contribution >= 0.6 is 0 Å². The summed E-state index contributed by atoms with van der Waals surface area (Å²) in [5.74, 6) is -3.85. The molecule has 200 valence electrons. The van der Waals surface area contributed by atoms with Gasteiger partial charge in [0.15, 0.2) is 17.3 Å². The predicted molar refractivity (Wildman–Crippen MR) is 151 cm³/mol. The van der Waals surface area contributed by atoms with Crippen LogP contribution in [0.25, 0.3) is 0 Å². The van der Waals surface area contributed by atoms with Gasteiger partial charge in [0.2, 0.25) is 5.75 Å². The van der Waals surface area contributed by atoms with E-state index in [0.29, 0.717) is 5.56 Å². The molecule has 0 saturated carbocycles. The first-order valence-corrected chi connectivity index (χ1v) is 12.6. The standard InChI is InChI=1S/C34H22O7/c35-29(23-13-5-1-6-14-23)27-21-22-28(39-32(36)24-15-7-2-8-16-24)31(41-34(38)26-19-11-4-12-20-26)30(27)40-33(37)25-17-9-3-10-18-25/h1-22H. The maximum atomic E-state index is 13.6. The van der Waals surface area contributed by atoms with Crippen LogP contribution in [0.4, 0.5) is 0 Å². The highest BCUT2D eigenvalue weighted by Gasteiger charge is 2.28. The molecule has 5 aromatic rings. The summed E-state index contributed by atoms with van der Waals surface area (Å²) < 4.78 is 17.1. The molecule has 0 aromatic heterocycles. The van der Waals surface area contributed by atoms with E-state index >= 15 is 0 Å². The smallest absolute Gasteiger partial charge is 0.343 e. The molecule has 0 heterocycles. The van der Waals surface area contributed by atoms with Crippen molar-refractivity contribution in [3.63, 3.8) is 0 Å². The Labute approximate surface area is 235 Å². The van der Waals surface area contributed by atoms with E-state index in [0.717, 1.165) is 0 Å². The van der Waals surface area contributed by atoms with Gasteiger partial charge in [-0.3, -0.25) is 4.79 Å². The summed E-state index contributed by atoms with van der Waals surface area (Å²) in [6, 6.07) is 35.4. The first-order chi connectivity index (χ1) is 20.0. The van der Waals surface area contributed by atoms with Gasteiger partial charge in [-0.2, -0.15) is 0 Å². The van der Waals surface area contributed by atoms with Gasteiger partial charge in [-0.05, 0) is 48.5 Å². The van der Waals surface area contributed by atoms with Crippen LogP contribution in [0.15, 0.2) is 133 Å².